The summed E-state index contributed by atoms with van der Waals surface area (Å²) in [6.45, 7) is 10.4. The fourth-order valence-electron chi connectivity index (χ4n) is 4.14. The van der Waals surface area contributed by atoms with Crippen LogP contribution in [0.1, 0.15) is 52.2 Å². The van der Waals surface area contributed by atoms with Crippen LogP contribution < -0.4 is 0 Å². The van der Waals surface area contributed by atoms with Gasteiger partial charge < -0.3 is 14.9 Å². The fourth-order valence-corrected chi connectivity index (χ4v) is 5.01. The molecular weight excluding hydrogens is 444 g/mol. The van der Waals surface area contributed by atoms with E-state index in [0.717, 1.165) is 19.6 Å². The number of nitro benzene ring substituents is 1. The summed E-state index contributed by atoms with van der Waals surface area (Å²) >= 11 is 1.20. The third kappa shape index (κ3) is 4.96. The lowest BCUT2D eigenvalue weighted by Crippen LogP contribution is -2.34. The first-order chi connectivity index (χ1) is 15.7. The molecular formula is C23H28N4O5S. The maximum Gasteiger partial charge on any atom is 0.290 e. The third-order valence-electron chi connectivity index (χ3n) is 5.82. The zero-order valence-corrected chi connectivity index (χ0v) is 20.0. The molecule has 0 saturated heterocycles. The number of nitrogens with zero attached hydrogens (tertiary/aromatic N) is 4. The van der Waals surface area contributed by atoms with Gasteiger partial charge in [-0.3, -0.25) is 19.7 Å². The number of amides is 1. The van der Waals surface area contributed by atoms with Gasteiger partial charge in [-0.1, -0.05) is 26.0 Å². The Bertz CT molecular complexity index is 1110. The topological polar surface area (TPSA) is 117 Å². The highest BCUT2D eigenvalue weighted by Gasteiger charge is 2.44. The molecule has 10 heteroatoms. The molecule has 1 aliphatic heterocycles. The van der Waals surface area contributed by atoms with E-state index in [1.807, 2.05) is 0 Å². The minimum Gasteiger partial charge on any atom is -0.503 e. The zero-order valence-electron chi connectivity index (χ0n) is 19.2. The van der Waals surface area contributed by atoms with Crippen molar-refractivity contribution in [3.63, 3.8) is 0 Å². The fraction of sp³-hybridized carbons (Fsp3) is 0.435. The summed E-state index contributed by atoms with van der Waals surface area (Å²) in [5.41, 5.74) is 0.723. The van der Waals surface area contributed by atoms with Gasteiger partial charge in [-0.05, 0) is 45.5 Å². The zero-order chi connectivity index (χ0) is 24.3. The molecule has 0 radical (unpaired) electrons. The number of nitro groups is 1. The lowest BCUT2D eigenvalue weighted by Gasteiger charge is -2.28. The molecule has 1 aromatic carbocycles. The van der Waals surface area contributed by atoms with Crippen LogP contribution in [-0.4, -0.2) is 62.7 Å². The quantitative estimate of drug-likeness (QED) is 0.316. The molecule has 3 rings (SSSR count). The Morgan fingerprint density at radius 3 is 2.58 bits per heavy atom. The highest BCUT2D eigenvalue weighted by atomic mass is 32.1. The van der Waals surface area contributed by atoms with Crippen molar-refractivity contribution >= 4 is 28.7 Å². The first kappa shape index (κ1) is 24.5. The van der Waals surface area contributed by atoms with Gasteiger partial charge in [0.2, 0.25) is 5.78 Å². The Morgan fingerprint density at radius 1 is 1.30 bits per heavy atom. The van der Waals surface area contributed by atoms with Gasteiger partial charge in [0.1, 0.15) is 0 Å². The van der Waals surface area contributed by atoms with Crippen LogP contribution in [0.4, 0.5) is 5.69 Å². The van der Waals surface area contributed by atoms with Crippen molar-refractivity contribution in [2.45, 2.75) is 40.2 Å². The van der Waals surface area contributed by atoms with E-state index in [0.29, 0.717) is 34.1 Å². The van der Waals surface area contributed by atoms with Gasteiger partial charge in [0.25, 0.3) is 11.6 Å². The Kier molecular flexibility index (Phi) is 7.60. The molecule has 1 aliphatic rings. The third-order valence-corrected chi connectivity index (χ3v) is 6.89. The van der Waals surface area contributed by atoms with Crippen LogP contribution in [0.15, 0.2) is 35.6 Å². The lowest BCUT2D eigenvalue weighted by molar-refractivity contribution is -0.384. The molecule has 0 bridgehead atoms. The Labute approximate surface area is 196 Å². The highest BCUT2D eigenvalue weighted by Crippen LogP contribution is 2.41. The second-order valence-corrected chi connectivity index (χ2v) is 9.08. The maximum atomic E-state index is 13.5. The average Bonchev–Trinajstić information content (AvgIpc) is 3.26. The summed E-state index contributed by atoms with van der Waals surface area (Å²) in [4.78, 5) is 45.7. The molecule has 1 aromatic heterocycles. The first-order valence-corrected chi connectivity index (χ1v) is 11.7. The van der Waals surface area contributed by atoms with Crippen LogP contribution in [0, 0.1) is 24.0 Å². The van der Waals surface area contributed by atoms with Crippen molar-refractivity contribution in [1.82, 2.24) is 14.8 Å². The maximum absolute atomic E-state index is 13.5. The van der Waals surface area contributed by atoms with E-state index in [4.69, 9.17) is 0 Å². The van der Waals surface area contributed by atoms with E-state index >= 15 is 0 Å². The lowest BCUT2D eigenvalue weighted by atomic mass is 9.94. The normalized spacial score (nSPS) is 16.2. The Morgan fingerprint density at radius 2 is 2.00 bits per heavy atom. The molecule has 0 aliphatic carbocycles. The number of aliphatic hydroxyl groups excluding tert-OH is 1. The van der Waals surface area contributed by atoms with Gasteiger partial charge in [0.15, 0.2) is 5.76 Å². The number of ketones is 1. The smallest absolute Gasteiger partial charge is 0.290 e. The molecule has 0 saturated carbocycles. The first-order valence-electron chi connectivity index (χ1n) is 10.9. The number of aromatic nitrogens is 1. The largest absolute Gasteiger partial charge is 0.503 e. The molecule has 33 heavy (non-hydrogen) atoms. The van der Waals surface area contributed by atoms with Crippen LogP contribution in [0.25, 0.3) is 0 Å². The van der Waals surface area contributed by atoms with Crippen LogP contribution in [0.2, 0.25) is 0 Å². The van der Waals surface area contributed by atoms with Gasteiger partial charge >= 0.3 is 0 Å². The number of aryl methyl sites for hydroxylation is 2. The van der Waals surface area contributed by atoms with E-state index in [1.54, 1.807) is 19.9 Å². The minimum absolute atomic E-state index is 0.0601. The summed E-state index contributed by atoms with van der Waals surface area (Å²) in [5.74, 6) is -1.73. The van der Waals surface area contributed by atoms with Crippen molar-refractivity contribution in [1.29, 1.82) is 0 Å². The van der Waals surface area contributed by atoms with E-state index in [9.17, 15) is 24.8 Å². The molecule has 1 atom stereocenters. The highest BCUT2D eigenvalue weighted by molar-refractivity contribution is 7.14. The minimum atomic E-state index is -0.914. The SMILES string of the molecule is CCN(CC)CCCN1C(=O)C(O)=C(C(=O)c2sc(C)nc2C)[C@H]1c1cccc([N+](=O)[O-])c1. The number of carbonyl (C=O) groups is 2. The summed E-state index contributed by atoms with van der Waals surface area (Å²) in [7, 11) is 0. The second kappa shape index (κ2) is 10.2. The number of thiazole rings is 1. The van der Waals surface area contributed by atoms with Gasteiger partial charge in [0, 0.05) is 18.7 Å². The monoisotopic (exact) mass is 472 g/mol. The molecule has 2 aromatic rings. The second-order valence-electron chi connectivity index (χ2n) is 7.87. The standard InChI is InChI=1S/C23H28N4O5S/c1-5-25(6-2)11-8-12-26-19(16-9-7-10-17(13-16)27(31)32)18(21(29)23(26)30)20(28)22-14(3)24-15(4)33-22/h7,9-10,13,19,29H,5-6,8,11-12H2,1-4H3/t19-/m1/s1. The van der Waals surface area contributed by atoms with Crippen molar-refractivity contribution in [3.05, 3.63) is 66.9 Å². The number of benzene rings is 1. The predicted octanol–water partition coefficient (Wildman–Crippen LogP) is 3.98. The van der Waals surface area contributed by atoms with Crippen LogP contribution in [0.5, 0.6) is 0 Å². The van der Waals surface area contributed by atoms with Gasteiger partial charge in [0.05, 0.1) is 32.1 Å². The van der Waals surface area contributed by atoms with E-state index in [-0.39, 0.29) is 11.3 Å². The number of Topliss-reactive ketones (excluding diaryl/α,β-unsaturated/α-hetero) is 1. The molecule has 9 nitrogen and oxygen atoms in total. The van der Waals surface area contributed by atoms with Crippen LogP contribution in [-0.2, 0) is 4.79 Å². The van der Waals surface area contributed by atoms with E-state index in [1.165, 1.54) is 34.4 Å². The van der Waals surface area contributed by atoms with Gasteiger partial charge in [-0.2, -0.15) is 0 Å². The molecule has 176 valence electrons. The molecule has 2 heterocycles. The van der Waals surface area contributed by atoms with Crippen molar-refractivity contribution in [2.24, 2.45) is 0 Å². The summed E-state index contributed by atoms with van der Waals surface area (Å²) < 4.78 is 0. The summed E-state index contributed by atoms with van der Waals surface area (Å²) in [5, 5.41) is 22.8. The van der Waals surface area contributed by atoms with E-state index in [2.05, 4.69) is 23.7 Å². The number of hydrogen-bond donors (Lipinski definition) is 1. The Balaban J connectivity index is 2.03. The van der Waals surface area contributed by atoms with Crippen LogP contribution in [0.3, 0.4) is 0 Å². The van der Waals surface area contributed by atoms with E-state index < -0.39 is 28.4 Å². The summed E-state index contributed by atoms with van der Waals surface area (Å²) in [6.07, 6.45) is 0.631. The number of aliphatic hydroxyl groups is 1. The van der Waals surface area contributed by atoms with Gasteiger partial charge in [-0.15, -0.1) is 11.3 Å². The molecule has 0 fully saturated rings. The van der Waals surface area contributed by atoms with Crippen molar-refractivity contribution in [2.75, 3.05) is 26.2 Å². The van der Waals surface area contributed by atoms with Crippen molar-refractivity contribution in [3.8, 4) is 0 Å². The molecule has 1 amide bonds. The van der Waals surface area contributed by atoms with Gasteiger partial charge in [-0.25, -0.2) is 4.98 Å². The number of carbonyl (C=O) groups excluding carboxylic acids is 2. The predicted molar refractivity (Wildman–Crippen MR) is 126 cm³/mol. The van der Waals surface area contributed by atoms with Crippen molar-refractivity contribution < 1.29 is 19.6 Å². The number of rotatable bonds is 10. The number of hydrogen-bond acceptors (Lipinski definition) is 8. The molecule has 1 N–H and O–H groups in total. The molecule has 0 unspecified atom stereocenters. The average molecular weight is 473 g/mol. The van der Waals surface area contributed by atoms with Crippen LogP contribution >= 0.6 is 11.3 Å². The molecule has 0 spiro atoms. The summed E-state index contributed by atoms with van der Waals surface area (Å²) in [6, 6.07) is 4.95. The number of non-ortho nitro benzene ring substituents is 1. The Hall–Kier alpha value is -3.11.